The number of likely N-dealkylation sites (tertiary alicyclic amines) is 1. The molecule has 3 rings (SSSR count). The zero-order chi connectivity index (χ0) is 21.2. The van der Waals surface area contributed by atoms with Gasteiger partial charge in [0, 0.05) is 38.4 Å². The monoisotopic (exact) mass is 541 g/mol. The lowest BCUT2D eigenvalue weighted by molar-refractivity contribution is 0.196. The van der Waals surface area contributed by atoms with Crippen LogP contribution in [0, 0.1) is 5.82 Å². The Morgan fingerprint density at radius 2 is 1.97 bits per heavy atom. The molecule has 31 heavy (non-hydrogen) atoms. The Hall–Kier alpha value is -1.94. The fraction of sp³-hybridized carbons (Fsp3) is 0.478. The molecule has 2 heterocycles. The Balaban J connectivity index is 0.00000341. The molecule has 170 valence electrons. The molecule has 0 saturated carbocycles. The van der Waals surface area contributed by atoms with E-state index in [-0.39, 0.29) is 41.6 Å². The summed E-state index contributed by atoms with van der Waals surface area (Å²) in [7, 11) is 0. The number of guanidine groups is 1. The molecule has 0 radical (unpaired) electrons. The van der Waals surface area contributed by atoms with Crippen LogP contribution in [0.4, 0.5) is 4.39 Å². The number of nitrogens with one attached hydrogen (secondary N) is 2. The highest BCUT2D eigenvalue weighted by molar-refractivity contribution is 14.0. The Kier molecular flexibility index (Phi) is 11.0. The second kappa shape index (κ2) is 13.5. The Morgan fingerprint density at radius 3 is 2.65 bits per heavy atom. The van der Waals surface area contributed by atoms with Gasteiger partial charge in [0.25, 0.3) is 0 Å². The van der Waals surface area contributed by atoms with E-state index in [1.807, 2.05) is 32.2 Å². The van der Waals surface area contributed by atoms with Gasteiger partial charge in [0.05, 0.1) is 12.2 Å². The van der Waals surface area contributed by atoms with Crippen molar-refractivity contribution in [3.05, 3.63) is 60.2 Å². The van der Waals surface area contributed by atoms with Crippen LogP contribution in [0.5, 0.6) is 5.75 Å². The number of rotatable bonds is 8. The molecule has 1 fully saturated rings. The molecule has 2 aromatic rings. The van der Waals surface area contributed by atoms with E-state index < -0.39 is 0 Å². The van der Waals surface area contributed by atoms with E-state index in [9.17, 15) is 4.39 Å². The number of halogens is 2. The molecule has 2 N–H and O–H groups in total. The second-order valence-electron chi connectivity index (χ2n) is 7.59. The number of ether oxygens (including phenoxy) is 1. The Morgan fingerprint density at radius 1 is 1.23 bits per heavy atom. The first-order valence-electron chi connectivity index (χ1n) is 10.7. The minimum Gasteiger partial charge on any atom is -0.486 e. The van der Waals surface area contributed by atoms with Crippen LogP contribution < -0.4 is 15.4 Å². The van der Waals surface area contributed by atoms with Gasteiger partial charge in [0.15, 0.2) is 17.5 Å². The molecule has 1 saturated heterocycles. The first-order valence-corrected chi connectivity index (χ1v) is 10.7. The van der Waals surface area contributed by atoms with Crippen molar-refractivity contribution in [3.8, 4) is 5.75 Å². The number of nitrogens with zero attached hydrogens (tertiary/aromatic N) is 3. The van der Waals surface area contributed by atoms with Crippen molar-refractivity contribution in [2.45, 2.75) is 45.4 Å². The van der Waals surface area contributed by atoms with Crippen molar-refractivity contribution in [2.24, 2.45) is 4.99 Å². The van der Waals surface area contributed by atoms with Crippen LogP contribution in [0.25, 0.3) is 0 Å². The highest BCUT2D eigenvalue weighted by atomic mass is 127. The molecule has 1 unspecified atom stereocenters. The lowest BCUT2D eigenvalue weighted by Crippen LogP contribution is -2.48. The van der Waals surface area contributed by atoms with Gasteiger partial charge in [-0.1, -0.05) is 18.2 Å². The average molecular weight is 541 g/mol. The molecular formula is C23H33FIN5O. The van der Waals surface area contributed by atoms with Crippen molar-refractivity contribution >= 4 is 29.9 Å². The van der Waals surface area contributed by atoms with Crippen LogP contribution in [0.1, 0.15) is 32.4 Å². The van der Waals surface area contributed by atoms with Crippen LogP contribution in [-0.4, -0.2) is 54.2 Å². The topological polar surface area (TPSA) is 61.8 Å². The van der Waals surface area contributed by atoms with Gasteiger partial charge in [-0.25, -0.2) is 9.38 Å². The summed E-state index contributed by atoms with van der Waals surface area (Å²) < 4.78 is 19.4. The number of pyridine rings is 1. The van der Waals surface area contributed by atoms with Crippen molar-refractivity contribution < 1.29 is 9.13 Å². The molecule has 1 atom stereocenters. The standard InChI is InChI=1S/C23H32FN5O.HI/c1-3-25-23(27-16-18(2)30-22-10-5-4-9-21(22)24)28-19-11-14-29(15-12-19)17-20-8-6-7-13-26-20;/h4-10,13,18-19H,3,11-12,14-17H2,1-2H3,(H2,25,27,28);1H. The third kappa shape index (κ3) is 8.60. The number of para-hydroxylation sites is 1. The molecule has 0 aliphatic carbocycles. The molecular weight excluding hydrogens is 508 g/mol. The summed E-state index contributed by atoms with van der Waals surface area (Å²) in [5, 5.41) is 6.84. The highest BCUT2D eigenvalue weighted by Crippen LogP contribution is 2.17. The third-order valence-corrected chi connectivity index (χ3v) is 5.06. The maximum Gasteiger partial charge on any atom is 0.191 e. The van der Waals surface area contributed by atoms with Gasteiger partial charge in [-0.2, -0.15) is 0 Å². The SMILES string of the molecule is CCNC(=NCC(C)Oc1ccccc1F)NC1CCN(Cc2ccccn2)CC1.I. The smallest absolute Gasteiger partial charge is 0.191 e. The van der Waals surface area contributed by atoms with E-state index in [4.69, 9.17) is 4.74 Å². The van der Waals surface area contributed by atoms with E-state index in [1.165, 1.54) is 6.07 Å². The van der Waals surface area contributed by atoms with E-state index >= 15 is 0 Å². The van der Waals surface area contributed by atoms with Crippen molar-refractivity contribution in [2.75, 3.05) is 26.2 Å². The van der Waals surface area contributed by atoms with Gasteiger partial charge in [-0.05, 0) is 51.0 Å². The van der Waals surface area contributed by atoms with Crippen molar-refractivity contribution in [1.82, 2.24) is 20.5 Å². The number of aromatic nitrogens is 1. The lowest BCUT2D eigenvalue weighted by atomic mass is 10.0. The molecule has 0 amide bonds. The largest absolute Gasteiger partial charge is 0.486 e. The summed E-state index contributed by atoms with van der Waals surface area (Å²) >= 11 is 0. The summed E-state index contributed by atoms with van der Waals surface area (Å²) in [4.78, 5) is 11.5. The van der Waals surface area contributed by atoms with Gasteiger partial charge in [-0.3, -0.25) is 9.88 Å². The summed E-state index contributed by atoms with van der Waals surface area (Å²) in [5.41, 5.74) is 1.11. The highest BCUT2D eigenvalue weighted by Gasteiger charge is 2.20. The molecule has 0 spiro atoms. The van der Waals surface area contributed by atoms with Crippen molar-refractivity contribution in [1.29, 1.82) is 0 Å². The minimum atomic E-state index is -0.351. The summed E-state index contributed by atoms with van der Waals surface area (Å²) in [6, 6.07) is 12.9. The van der Waals surface area contributed by atoms with Crippen LogP contribution in [0.3, 0.4) is 0 Å². The van der Waals surface area contributed by atoms with Gasteiger partial charge >= 0.3 is 0 Å². The molecule has 1 aromatic carbocycles. The maximum atomic E-state index is 13.8. The van der Waals surface area contributed by atoms with Crippen molar-refractivity contribution in [3.63, 3.8) is 0 Å². The number of hydrogen-bond donors (Lipinski definition) is 2. The fourth-order valence-electron chi connectivity index (χ4n) is 3.48. The Bertz CT molecular complexity index is 800. The van der Waals surface area contributed by atoms with Crippen LogP contribution in [0.2, 0.25) is 0 Å². The van der Waals surface area contributed by atoms with Crippen LogP contribution >= 0.6 is 24.0 Å². The first-order chi connectivity index (χ1) is 14.6. The summed E-state index contributed by atoms with van der Waals surface area (Å²) in [6.07, 6.45) is 3.73. The first kappa shape index (κ1) is 25.3. The molecule has 0 bridgehead atoms. The van der Waals surface area contributed by atoms with Gasteiger partial charge in [0.1, 0.15) is 6.10 Å². The molecule has 1 aliphatic heterocycles. The zero-order valence-corrected chi connectivity index (χ0v) is 20.6. The predicted octanol–water partition coefficient (Wildman–Crippen LogP) is 3.83. The predicted molar refractivity (Wildman–Crippen MR) is 134 cm³/mol. The number of piperidine rings is 1. The Labute approximate surface area is 201 Å². The average Bonchev–Trinajstić information content (AvgIpc) is 2.76. The van der Waals surface area contributed by atoms with Gasteiger partial charge in [0.2, 0.25) is 0 Å². The number of benzene rings is 1. The quantitative estimate of drug-likeness (QED) is 0.303. The summed E-state index contributed by atoms with van der Waals surface area (Å²) in [5.74, 6) is 0.693. The fourth-order valence-corrected chi connectivity index (χ4v) is 3.48. The molecule has 6 nitrogen and oxygen atoms in total. The van der Waals surface area contributed by atoms with Gasteiger partial charge in [-0.15, -0.1) is 24.0 Å². The third-order valence-electron chi connectivity index (χ3n) is 5.06. The molecule has 1 aliphatic rings. The zero-order valence-electron chi connectivity index (χ0n) is 18.3. The van der Waals surface area contributed by atoms with Gasteiger partial charge < -0.3 is 15.4 Å². The molecule has 1 aromatic heterocycles. The van der Waals surface area contributed by atoms with E-state index in [0.717, 1.165) is 50.7 Å². The normalized spacial score (nSPS) is 16.3. The maximum absolute atomic E-state index is 13.8. The lowest BCUT2D eigenvalue weighted by Gasteiger charge is -2.33. The molecule has 8 heteroatoms. The second-order valence-corrected chi connectivity index (χ2v) is 7.59. The van der Waals surface area contributed by atoms with E-state index in [1.54, 1.807) is 18.2 Å². The number of hydrogen-bond acceptors (Lipinski definition) is 4. The van der Waals surface area contributed by atoms with E-state index in [0.29, 0.717) is 12.6 Å². The summed E-state index contributed by atoms with van der Waals surface area (Å²) in [6.45, 7) is 8.13. The van der Waals surface area contributed by atoms with Crippen LogP contribution in [0.15, 0.2) is 53.7 Å². The van der Waals surface area contributed by atoms with E-state index in [2.05, 4.69) is 31.6 Å². The number of aliphatic imine (C=N–C) groups is 1. The minimum absolute atomic E-state index is 0. The van der Waals surface area contributed by atoms with Crippen LogP contribution in [-0.2, 0) is 6.54 Å².